The van der Waals surface area contributed by atoms with Gasteiger partial charge in [0.15, 0.2) is 0 Å². The van der Waals surface area contributed by atoms with Crippen molar-refractivity contribution in [2.24, 2.45) is 0 Å². The van der Waals surface area contributed by atoms with Gasteiger partial charge >= 0.3 is 0 Å². The summed E-state index contributed by atoms with van der Waals surface area (Å²) in [5.74, 6) is -0.549. The molecule has 0 aliphatic heterocycles. The van der Waals surface area contributed by atoms with Gasteiger partial charge in [-0.25, -0.2) is 0 Å². The fraction of sp³-hybridized carbons (Fsp3) is 0.0400. The number of carbonyl (C=O) groups excluding carboxylic acids is 1. The minimum Gasteiger partial charge on any atom is -0.342 e. The molecule has 1 aromatic heterocycles. The fourth-order valence-electron chi connectivity index (χ4n) is 3.40. The van der Waals surface area contributed by atoms with Crippen molar-refractivity contribution in [3.63, 3.8) is 0 Å². The molecule has 0 saturated heterocycles. The lowest BCUT2D eigenvalue weighted by Gasteiger charge is -2.07. The summed E-state index contributed by atoms with van der Waals surface area (Å²) < 4.78 is 2.11. The highest BCUT2D eigenvalue weighted by molar-refractivity contribution is 6.44. The number of hydrogen-bond acceptors (Lipinski definition) is 2. The van der Waals surface area contributed by atoms with Crippen LogP contribution in [0.25, 0.3) is 17.0 Å². The summed E-state index contributed by atoms with van der Waals surface area (Å²) in [6.07, 6.45) is 3.55. The van der Waals surface area contributed by atoms with Crippen LogP contribution in [0.5, 0.6) is 0 Å². The Bertz CT molecular complexity index is 1330. The van der Waals surface area contributed by atoms with E-state index in [2.05, 4.69) is 22.0 Å². The SMILES string of the molecule is N#C/C(=C\c1cn(Cc2ccccc2)c2ccccc12)C(=O)Nc1cccc(Cl)c1Cl. The van der Waals surface area contributed by atoms with Gasteiger partial charge in [0.05, 0.1) is 15.7 Å². The lowest BCUT2D eigenvalue weighted by atomic mass is 10.1. The van der Waals surface area contributed by atoms with Gasteiger partial charge in [0.1, 0.15) is 11.6 Å². The molecule has 6 heteroatoms. The molecular weight excluding hydrogens is 429 g/mol. The average molecular weight is 446 g/mol. The first kappa shape index (κ1) is 20.7. The zero-order valence-corrected chi connectivity index (χ0v) is 17.9. The number of para-hydroxylation sites is 1. The second kappa shape index (κ2) is 9.09. The number of nitrogens with zero attached hydrogens (tertiary/aromatic N) is 2. The van der Waals surface area contributed by atoms with E-state index in [4.69, 9.17) is 23.2 Å². The van der Waals surface area contributed by atoms with Gasteiger partial charge in [-0.05, 0) is 29.8 Å². The van der Waals surface area contributed by atoms with Gasteiger partial charge < -0.3 is 9.88 Å². The number of aromatic nitrogens is 1. The van der Waals surface area contributed by atoms with Crippen LogP contribution < -0.4 is 5.32 Å². The quantitative estimate of drug-likeness (QED) is 0.280. The molecule has 0 bridgehead atoms. The van der Waals surface area contributed by atoms with Crippen LogP contribution in [0, 0.1) is 11.3 Å². The van der Waals surface area contributed by atoms with E-state index in [0.717, 1.165) is 22.0 Å². The highest BCUT2D eigenvalue weighted by Crippen LogP contribution is 2.30. The van der Waals surface area contributed by atoms with Crippen molar-refractivity contribution in [3.8, 4) is 6.07 Å². The van der Waals surface area contributed by atoms with Crippen molar-refractivity contribution in [1.82, 2.24) is 4.57 Å². The fourth-order valence-corrected chi connectivity index (χ4v) is 3.74. The standard InChI is InChI=1S/C25H17Cl2N3O/c26-21-10-6-11-22(24(21)27)29-25(31)18(14-28)13-19-16-30(15-17-7-2-1-3-8-17)23-12-5-4-9-20(19)23/h1-13,16H,15H2,(H,29,31)/b18-13+. The molecule has 4 rings (SSSR count). The molecule has 4 aromatic rings. The predicted octanol–water partition coefficient (Wildman–Crippen LogP) is 6.54. The number of fused-ring (bicyclic) bond motifs is 1. The van der Waals surface area contributed by atoms with Crippen LogP contribution in [0.4, 0.5) is 5.69 Å². The van der Waals surface area contributed by atoms with Gasteiger partial charge in [-0.2, -0.15) is 5.26 Å². The Hall–Kier alpha value is -3.52. The highest BCUT2D eigenvalue weighted by atomic mass is 35.5. The van der Waals surface area contributed by atoms with E-state index in [0.29, 0.717) is 17.3 Å². The number of amides is 1. The van der Waals surface area contributed by atoms with E-state index in [-0.39, 0.29) is 10.6 Å². The summed E-state index contributed by atoms with van der Waals surface area (Å²) in [5, 5.41) is 13.8. The maximum Gasteiger partial charge on any atom is 0.266 e. The maximum atomic E-state index is 12.7. The topological polar surface area (TPSA) is 57.8 Å². The molecule has 1 N–H and O–H groups in total. The van der Waals surface area contributed by atoms with E-state index in [1.165, 1.54) is 0 Å². The Morgan fingerprint density at radius 1 is 1.00 bits per heavy atom. The minimum absolute atomic E-state index is 0.0290. The lowest BCUT2D eigenvalue weighted by Crippen LogP contribution is -2.13. The van der Waals surface area contributed by atoms with Gasteiger partial charge in [0.2, 0.25) is 0 Å². The van der Waals surface area contributed by atoms with Crippen molar-refractivity contribution >= 4 is 51.8 Å². The molecule has 0 aliphatic carbocycles. The summed E-state index contributed by atoms with van der Waals surface area (Å²) in [6, 6.07) is 24.9. The van der Waals surface area contributed by atoms with Crippen LogP contribution >= 0.6 is 23.2 Å². The predicted molar refractivity (Wildman–Crippen MR) is 126 cm³/mol. The summed E-state index contributed by atoms with van der Waals surface area (Å²) in [7, 11) is 0. The molecule has 0 radical (unpaired) electrons. The van der Waals surface area contributed by atoms with E-state index in [9.17, 15) is 10.1 Å². The van der Waals surface area contributed by atoms with E-state index in [1.54, 1.807) is 24.3 Å². The molecule has 31 heavy (non-hydrogen) atoms. The van der Waals surface area contributed by atoms with E-state index >= 15 is 0 Å². The Kier molecular flexibility index (Phi) is 6.08. The molecule has 0 unspecified atom stereocenters. The normalized spacial score (nSPS) is 11.3. The van der Waals surface area contributed by atoms with Crippen LogP contribution in [-0.4, -0.2) is 10.5 Å². The first-order chi connectivity index (χ1) is 15.1. The minimum atomic E-state index is -0.549. The van der Waals surface area contributed by atoms with Gasteiger partial charge in [-0.1, -0.05) is 77.8 Å². The monoisotopic (exact) mass is 445 g/mol. The van der Waals surface area contributed by atoms with Crippen LogP contribution in [0.1, 0.15) is 11.1 Å². The summed E-state index contributed by atoms with van der Waals surface area (Å²) >= 11 is 12.2. The number of halogens is 2. The smallest absolute Gasteiger partial charge is 0.266 e. The average Bonchev–Trinajstić information content (AvgIpc) is 3.13. The van der Waals surface area contributed by atoms with Gasteiger partial charge in [0, 0.05) is 29.2 Å². The molecule has 1 amide bonds. The maximum absolute atomic E-state index is 12.7. The number of nitrogens with one attached hydrogen (secondary N) is 1. The number of hydrogen-bond donors (Lipinski definition) is 1. The number of carbonyl (C=O) groups is 1. The Morgan fingerprint density at radius 2 is 1.74 bits per heavy atom. The van der Waals surface area contributed by atoms with Gasteiger partial charge in [-0.3, -0.25) is 4.79 Å². The Labute approximate surface area is 189 Å². The molecule has 0 aliphatic rings. The molecule has 0 atom stereocenters. The van der Waals surface area contributed by atoms with Crippen LogP contribution in [0.2, 0.25) is 10.0 Å². The zero-order valence-electron chi connectivity index (χ0n) is 16.3. The highest BCUT2D eigenvalue weighted by Gasteiger charge is 2.15. The van der Waals surface area contributed by atoms with E-state index in [1.807, 2.05) is 54.7 Å². The molecule has 0 fully saturated rings. The third-order valence-electron chi connectivity index (χ3n) is 4.88. The lowest BCUT2D eigenvalue weighted by molar-refractivity contribution is -0.112. The molecule has 1 heterocycles. The van der Waals surface area contributed by atoms with Crippen molar-refractivity contribution in [2.45, 2.75) is 6.54 Å². The van der Waals surface area contributed by atoms with Crippen molar-refractivity contribution in [1.29, 1.82) is 5.26 Å². The Morgan fingerprint density at radius 3 is 2.52 bits per heavy atom. The van der Waals surface area contributed by atoms with Crippen molar-refractivity contribution in [2.75, 3.05) is 5.32 Å². The van der Waals surface area contributed by atoms with E-state index < -0.39 is 5.91 Å². The second-order valence-corrected chi connectivity index (χ2v) is 7.73. The summed E-state index contributed by atoms with van der Waals surface area (Å²) in [6.45, 7) is 0.682. The first-order valence-electron chi connectivity index (χ1n) is 9.56. The van der Waals surface area contributed by atoms with Gasteiger partial charge in [-0.15, -0.1) is 0 Å². The largest absolute Gasteiger partial charge is 0.342 e. The molecule has 3 aromatic carbocycles. The van der Waals surface area contributed by atoms with Crippen molar-refractivity contribution < 1.29 is 4.79 Å². The van der Waals surface area contributed by atoms with Crippen LogP contribution in [-0.2, 0) is 11.3 Å². The summed E-state index contributed by atoms with van der Waals surface area (Å²) in [5.41, 5.74) is 3.29. The number of benzene rings is 3. The van der Waals surface area contributed by atoms with Crippen LogP contribution in [0.15, 0.2) is 84.6 Å². The third kappa shape index (κ3) is 4.49. The third-order valence-corrected chi connectivity index (χ3v) is 5.70. The second-order valence-electron chi connectivity index (χ2n) is 6.94. The van der Waals surface area contributed by atoms with Crippen molar-refractivity contribution in [3.05, 3.63) is 106 Å². The van der Waals surface area contributed by atoms with Gasteiger partial charge in [0.25, 0.3) is 5.91 Å². The molecule has 0 saturated carbocycles. The zero-order chi connectivity index (χ0) is 21.8. The Balaban J connectivity index is 1.69. The van der Waals surface area contributed by atoms with Crippen LogP contribution in [0.3, 0.4) is 0 Å². The first-order valence-corrected chi connectivity index (χ1v) is 10.3. The molecule has 0 spiro atoms. The molecule has 4 nitrogen and oxygen atoms in total. The molecule has 152 valence electrons. The molecular formula is C25H17Cl2N3O. The number of rotatable bonds is 5. The number of anilines is 1. The summed E-state index contributed by atoms with van der Waals surface area (Å²) in [4.78, 5) is 12.7. The number of nitriles is 1.